The molecule has 0 saturated heterocycles. The number of rotatable bonds is 6. The van der Waals surface area contributed by atoms with Gasteiger partial charge in [-0.05, 0) is 129 Å². The second-order valence-corrected chi connectivity index (χ2v) is 14.1. The van der Waals surface area contributed by atoms with E-state index >= 15 is 0 Å². The van der Waals surface area contributed by atoms with E-state index in [1.54, 1.807) is 0 Å². The molecule has 4 aliphatic rings. The van der Waals surface area contributed by atoms with Crippen LogP contribution in [0.4, 0.5) is 0 Å². The Balaban J connectivity index is 1.50. The predicted octanol–water partition coefficient (Wildman–Crippen LogP) is 7.47. The van der Waals surface area contributed by atoms with Gasteiger partial charge in [0.1, 0.15) is 0 Å². The quantitative estimate of drug-likeness (QED) is 0.444. The predicted molar refractivity (Wildman–Crippen MR) is 134 cm³/mol. The molecule has 0 aromatic carbocycles. The van der Waals surface area contributed by atoms with Crippen LogP contribution in [-0.2, 0) is 0 Å². The van der Waals surface area contributed by atoms with E-state index in [4.69, 9.17) is 0 Å². The summed E-state index contributed by atoms with van der Waals surface area (Å²) >= 11 is 0. The van der Waals surface area contributed by atoms with E-state index in [2.05, 4.69) is 48.5 Å². The minimum atomic E-state index is -0.386. The minimum Gasteiger partial charge on any atom is -0.393 e. The topological polar surface area (TPSA) is 40.5 Å². The molecule has 0 unspecified atom stereocenters. The SMILES string of the molecule is CC[C@]1(O)CC[C@@]2(C)[C@@H](CC[C@@H]3[C@@H]2CC[C@]2(C)[C@@H]([C@H](C)CC[C@@H](O)C(C)C)[C@H](C)C[C@@H]32)C1. The van der Waals surface area contributed by atoms with Crippen molar-refractivity contribution in [3.8, 4) is 0 Å². The lowest BCUT2D eigenvalue weighted by atomic mass is 9.43. The first kappa shape index (κ1) is 25.0. The van der Waals surface area contributed by atoms with Gasteiger partial charge < -0.3 is 10.2 Å². The van der Waals surface area contributed by atoms with Crippen molar-refractivity contribution in [1.29, 1.82) is 0 Å². The van der Waals surface area contributed by atoms with Crippen molar-refractivity contribution >= 4 is 0 Å². The Bertz CT molecular complexity index is 659. The van der Waals surface area contributed by atoms with Crippen LogP contribution in [0, 0.1) is 58.2 Å². The summed E-state index contributed by atoms with van der Waals surface area (Å²) in [5, 5.41) is 21.5. The molecule has 0 spiro atoms. The third-order valence-corrected chi connectivity index (χ3v) is 12.2. The smallest absolute Gasteiger partial charge is 0.0648 e. The van der Waals surface area contributed by atoms with E-state index in [0.717, 1.165) is 61.2 Å². The summed E-state index contributed by atoms with van der Waals surface area (Å²) in [4.78, 5) is 0. The van der Waals surface area contributed by atoms with Crippen LogP contribution in [-0.4, -0.2) is 21.9 Å². The molecule has 186 valence electrons. The van der Waals surface area contributed by atoms with Crippen molar-refractivity contribution in [2.24, 2.45) is 58.2 Å². The molecule has 2 heteroatoms. The number of aliphatic hydroxyl groups is 2. The molecule has 4 saturated carbocycles. The number of hydrogen-bond donors (Lipinski definition) is 2. The molecular weight excluding hydrogens is 392 g/mol. The Morgan fingerprint density at radius 2 is 1.62 bits per heavy atom. The number of fused-ring (bicyclic) bond motifs is 5. The summed E-state index contributed by atoms with van der Waals surface area (Å²) in [5.41, 5.74) is 0.563. The molecule has 0 amide bonds. The maximum absolute atomic E-state index is 11.1. The van der Waals surface area contributed by atoms with Gasteiger partial charge in [-0.15, -0.1) is 0 Å². The van der Waals surface area contributed by atoms with Gasteiger partial charge in [0.25, 0.3) is 0 Å². The van der Waals surface area contributed by atoms with Gasteiger partial charge in [0, 0.05) is 0 Å². The van der Waals surface area contributed by atoms with Crippen molar-refractivity contribution in [3.05, 3.63) is 0 Å². The van der Waals surface area contributed by atoms with Gasteiger partial charge in [-0.25, -0.2) is 0 Å². The van der Waals surface area contributed by atoms with E-state index in [9.17, 15) is 10.2 Å². The van der Waals surface area contributed by atoms with E-state index in [0.29, 0.717) is 22.7 Å². The molecule has 2 nitrogen and oxygen atoms in total. The second-order valence-electron chi connectivity index (χ2n) is 14.1. The fourth-order valence-corrected chi connectivity index (χ4v) is 10.2. The van der Waals surface area contributed by atoms with Crippen LogP contribution in [0.3, 0.4) is 0 Å². The van der Waals surface area contributed by atoms with Crippen LogP contribution < -0.4 is 0 Å². The summed E-state index contributed by atoms with van der Waals surface area (Å²) in [6, 6.07) is 0. The van der Waals surface area contributed by atoms with Gasteiger partial charge in [-0.3, -0.25) is 0 Å². The van der Waals surface area contributed by atoms with Gasteiger partial charge in [-0.1, -0.05) is 48.5 Å². The monoisotopic (exact) mass is 446 g/mol. The minimum absolute atomic E-state index is 0.142. The molecule has 32 heavy (non-hydrogen) atoms. The lowest BCUT2D eigenvalue weighted by molar-refractivity contribution is -0.153. The van der Waals surface area contributed by atoms with Crippen LogP contribution in [0.1, 0.15) is 119 Å². The zero-order chi connectivity index (χ0) is 23.5. The first-order chi connectivity index (χ1) is 14.9. The average Bonchev–Trinajstić information content (AvgIpc) is 3.02. The van der Waals surface area contributed by atoms with Crippen molar-refractivity contribution in [2.75, 3.05) is 0 Å². The molecule has 0 aliphatic heterocycles. The van der Waals surface area contributed by atoms with Crippen molar-refractivity contribution in [2.45, 2.75) is 131 Å². The molecule has 0 bridgehead atoms. The van der Waals surface area contributed by atoms with Gasteiger partial charge in [0.15, 0.2) is 0 Å². The third kappa shape index (κ3) is 4.02. The van der Waals surface area contributed by atoms with Gasteiger partial charge in [0.05, 0.1) is 11.7 Å². The molecule has 0 aromatic heterocycles. The fourth-order valence-electron chi connectivity index (χ4n) is 10.2. The van der Waals surface area contributed by atoms with Gasteiger partial charge in [0.2, 0.25) is 0 Å². The zero-order valence-corrected chi connectivity index (χ0v) is 22.4. The molecule has 2 N–H and O–H groups in total. The first-order valence-corrected chi connectivity index (χ1v) is 14.4. The van der Waals surface area contributed by atoms with E-state index in [1.165, 1.54) is 44.9 Å². The molecule has 0 heterocycles. The van der Waals surface area contributed by atoms with Crippen LogP contribution in [0.2, 0.25) is 0 Å². The van der Waals surface area contributed by atoms with Crippen molar-refractivity contribution in [1.82, 2.24) is 0 Å². The maximum atomic E-state index is 11.1. The van der Waals surface area contributed by atoms with Crippen LogP contribution in [0.5, 0.6) is 0 Å². The van der Waals surface area contributed by atoms with Crippen LogP contribution >= 0.6 is 0 Å². The highest BCUT2D eigenvalue weighted by Crippen LogP contribution is 2.70. The van der Waals surface area contributed by atoms with Crippen LogP contribution in [0.15, 0.2) is 0 Å². The lowest BCUT2D eigenvalue weighted by Crippen LogP contribution is -2.56. The van der Waals surface area contributed by atoms with E-state index in [1.807, 2.05) is 0 Å². The summed E-state index contributed by atoms with van der Waals surface area (Å²) in [5.74, 6) is 6.13. The van der Waals surface area contributed by atoms with Crippen molar-refractivity contribution in [3.63, 3.8) is 0 Å². The zero-order valence-electron chi connectivity index (χ0n) is 22.4. The fraction of sp³-hybridized carbons (Fsp3) is 1.00. The summed E-state index contributed by atoms with van der Waals surface area (Å²) in [6.45, 7) is 16.8. The van der Waals surface area contributed by atoms with Crippen LogP contribution in [0.25, 0.3) is 0 Å². The number of hydrogen-bond acceptors (Lipinski definition) is 2. The highest BCUT2D eigenvalue weighted by molar-refractivity contribution is 5.11. The summed E-state index contributed by atoms with van der Waals surface area (Å²) in [6.07, 6.45) is 13.3. The highest BCUT2D eigenvalue weighted by Gasteiger charge is 2.62. The lowest BCUT2D eigenvalue weighted by Gasteiger charge is -2.62. The van der Waals surface area contributed by atoms with E-state index in [-0.39, 0.29) is 11.7 Å². The van der Waals surface area contributed by atoms with Crippen molar-refractivity contribution < 1.29 is 10.2 Å². The Morgan fingerprint density at radius 1 is 0.906 bits per heavy atom. The van der Waals surface area contributed by atoms with E-state index < -0.39 is 0 Å². The third-order valence-electron chi connectivity index (χ3n) is 12.2. The Morgan fingerprint density at radius 3 is 2.28 bits per heavy atom. The first-order valence-electron chi connectivity index (χ1n) is 14.4. The largest absolute Gasteiger partial charge is 0.393 e. The second kappa shape index (κ2) is 8.85. The standard InChI is InChI=1S/C30H54O2/c1-8-30(32)16-15-28(6)22(18-30)10-11-23-24(28)13-14-29(7)25(23)17-21(5)27(29)20(4)9-12-26(31)19(2)3/h19-27,31-32H,8-18H2,1-7H3/t20-,21-,22+,23-,24+,25+,26-,27+,28+,29+,30+/m1/s1. The maximum Gasteiger partial charge on any atom is 0.0648 e. The highest BCUT2D eigenvalue weighted by atomic mass is 16.3. The normalized spacial score (nSPS) is 50.4. The Labute approximate surface area is 199 Å². The Hall–Kier alpha value is -0.0800. The summed E-state index contributed by atoms with van der Waals surface area (Å²) < 4.78 is 0. The molecule has 0 aromatic rings. The molecule has 4 fully saturated rings. The average molecular weight is 447 g/mol. The molecule has 4 rings (SSSR count). The molecular formula is C30H54O2. The Kier molecular flexibility index (Phi) is 6.92. The number of aliphatic hydroxyl groups excluding tert-OH is 1. The van der Waals surface area contributed by atoms with Gasteiger partial charge in [-0.2, -0.15) is 0 Å². The molecule has 0 radical (unpaired) electrons. The molecule has 4 aliphatic carbocycles. The molecule has 11 atom stereocenters. The summed E-state index contributed by atoms with van der Waals surface area (Å²) in [7, 11) is 0. The van der Waals surface area contributed by atoms with Gasteiger partial charge >= 0.3 is 0 Å².